The molecule has 0 saturated heterocycles. The number of benzene rings is 2. The summed E-state index contributed by atoms with van der Waals surface area (Å²) in [6.45, 7) is 9.92. The van der Waals surface area contributed by atoms with Crippen LogP contribution in [0.15, 0.2) is 48.5 Å². The Morgan fingerprint density at radius 1 is 1.07 bits per heavy atom. The lowest BCUT2D eigenvalue weighted by atomic mass is 10.1. The van der Waals surface area contributed by atoms with Crippen LogP contribution < -0.4 is 10.1 Å². The van der Waals surface area contributed by atoms with Crippen molar-refractivity contribution >= 4 is 11.8 Å². The lowest BCUT2D eigenvalue weighted by molar-refractivity contribution is -0.142. The normalized spacial score (nSPS) is 12.7. The van der Waals surface area contributed by atoms with E-state index in [1.165, 1.54) is 0 Å². The summed E-state index contributed by atoms with van der Waals surface area (Å²) in [6.07, 6.45) is 0.834. The van der Waals surface area contributed by atoms with Crippen molar-refractivity contribution in [1.29, 1.82) is 0 Å². The fraction of sp³-hybridized carbons (Fsp3) is 0.417. The Bertz CT molecular complexity index is 834. The van der Waals surface area contributed by atoms with Gasteiger partial charge in [0.25, 0.3) is 5.91 Å². The third-order valence-corrected chi connectivity index (χ3v) is 5.05. The minimum atomic E-state index is -0.600. The van der Waals surface area contributed by atoms with E-state index in [9.17, 15) is 9.59 Å². The van der Waals surface area contributed by atoms with Gasteiger partial charge in [0.2, 0.25) is 5.91 Å². The molecular weight excluding hydrogens is 364 g/mol. The first-order valence-corrected chi connectivity index (χ1v) is 10.2. The van der Waals surface area contributed by atoms with E-state index in [1.807, 2.05) is 76.2 Å². The van der Waals surface area contributed by atoms with Gasteiger partial charge in [-0.15, -0.1) is 0 Å². The van der Waals surface area contributed by atoms with Crippen LogP contribution in [-0.2, 0) is 16.1 Å². The van der Waals surface area contributed by atoms with Gasteiger partial charge in [0.05, 0.1) is 0 Å². The Morgan fingerprint density at radius 3 is 2.45 bits per heavy atom. The minimum absolute atomic E-state index is 0.0593. The number of carbonyl (C=O) groups is 2. The maximum Gasteiger partial charge on any atom is 0.261 e. The fourth-order valence-corrected chi connectivity index (χ4v) is 3.00. The predicted molar refractivity (Wildman–Crippen MR) is 116 cm³/mol. The first-order valence-electron chi connectivity index (χ1n) is 10.2. The van der Waals surface area contributed by atoms with E-state index in [2.05, 4.69) is 5.32 Å². The summed E-state index contributed by atoms with van der Waals surface area (Å²) >= 11 is 0. The van der Waals surface area contributed by atoms with Crippen LogP contribution in [0.2, 0.25) is 0 Å². The summed E-state index contributed by atoms with van der Waals surface area (Å²) in [6, 6.07) is 15.0. The van der Waals surface area contributed by atoms with Gasteiger partial charge >= 0.3 is 0 Å². The highest BCUT2D eigenvalue weighted by Gasteiger charge is 2.27. The number of rotatable bonds is 9. The van der Waals surface area contributed by atoms with Gasteiger partial charge in [-0.1, -0.05) is 55.0 Å². The van der Waals surface area contributed by atoms with E-state index in [1.54, 1.807) is 11.8 Å². The molecule has 0 radical (unpaired) electrons. The van der Waals surface area contributed by atoms with Crippen molar-refractivity contribution in [2.75, 3.05) is 6.61 Å². The van der Waals surface area contributed by atoms with Gasteiger partial charge in [-0.2, -0.15) is 0 Å². The van der Waals surface area contributed by atoms with E-state index in [0.29, 0.717) is 12.3 Å². The zero-order valence-electron chi connectivity index (χ0n) is 18.1. The number of ether oxygens (including phenoxy) is 1. The summed E-state index contributed by atoms with van der Waals surface area (Å²) in [4.78, 5) is 27.3. The Kier molecular flexibility index (Phi) is 8.25. The molecule has 2 rings (SSSR count). The summed E-state index contributed by atoms with van der Waals surface area (Å²) in [5.41, 5.74) is 3.06. The Morgan fingerprint density at radius 2 is 1.79 bits per heavy atom. The monoisotopic (exact) mass is 396 g/mol. The van der Waals surface area contributed by atoms with Crippen molar-refractivity contribution in [2.24, 2.45) is 0 Å². The number of nitrogens with one attached hydrogen (secondary N) is 1. The quantitative estimate of drug-likeness (QED) is 0.697. The van der Waals surface area contributed by atoms with Gasteiger partial charge in [0.15, 0.2) is 6.61 Å². The molecule has 2 amide bonds. The standard InChI is InChI=1S/C24H32N2O3/c1-6-19(4)25-24(28)20(5)26(15-21-12-9-10-17(2)14-21)23(27)16-29-22-13-8-7-11-18(22)3/h7-14,19-20H,6,15-16H2,1-5H3,(H,25,28)/t19-,20-/m1/s1. The first-order chi connectivity index (χ1) is 13.8. The van der Waals surface area contributed by atoms with Crippen LogP contribution in [0.1, 0.15) is 43.9 Å². The van der Waals surface area contributed by atoms with Gasteiger partial charge in [0.1, 0.15) is 11.8 Å². The van der Waals surface area contributed by atoms with E-state index < -0.39 is 6.04 Å². The van der Waals surface area contributed by atoms with Gasteiger partial charge in [-0.05, 0) is 51.3 Å². The Balaban J connectivity index is 2.17. The molecule has 0 aliphatic rings. The second-order valence-electron chi connectivity index (χ2n) is 7.56. The second-order valence-corrected chi connectivity index (χ2v) is 7.56. The number of para-hydroxylation sites is 1. The molecule has 0 aliphatic carbocycles. The highest BCUT2D eigenvalue weighted by molar-refractivity contribution is 5.88. The van der Waals surface area contributed by atoms with Crippen molar-refractivity contribution in [3.63, 3.8) is 0 Å². The number of hydrogen-bond donors (Lipinski definition) is 1. The van der Waals surface area contributed by atoms with Gasteiger partial charge < -0.3 is 15.0 Å². The zero-order chi connectivity index (χ0) is 21.4. The molecule has 2 aromatic carbocycles. The maximum atomic E-state index is 13.0. The number of hydrogen-bond acceptors (Lipinski definition) is 3. The molecule has 5 heteroatoms. The smallest absolute Gasteiger partial charge is 0.261 e. The van der Waals surface area contributed by atoms with Crippen LogP contribution in [0.5, 0.6) is 5.75 Å². The first kappa shape index (κ1) is 22.5. The summed E-state index contributed by atoms with van der Waals surface area (Å²) in [5.74, 6) is 0.297. The molecule has 29 heavy (non-hydrogen) atoms. The largest absolute Gasteiger partial charge is 0.484 e. The molecule has 0 fully saturated rings. The molecule has 5 nitrogen and oxygen atoms in total. The average Bonchev–Trinajstić information content (AvgIpc) is 2.70. The van der Waals surface area contributed by atoms with E-state index >= 15 is 0 Å². The molecule has 0 saturated carbocycles. The zero-order valence-corrected chi connectivity index (χ0v) is 18.1. The lowest BCUT2D eigenvalue weighted by Gasteiger charge is -2.29. The third kappa shape index (κ3) is 6.63. The maximum absolute atomic E-state index is 13.0. The van der Waals surface area contributed by atoms with Crippen molar-refractivity contribution in [3.05, 3.63) is 65.2 Å². The topological polar surface area (TPSA) is 58.6 Å². The lowest BCUT2D eigenvalue weighted by Crippen LogP contribution is -2.50. The van der Waals surface area contributed by atoms with E-state index in [0.717, 1.165) is 23.1 Å². The van der Waals surface area contributed by atoms with Crippen LogP contribution in [0, 0.1) is 13.8 Å². The van der Waals surface area contributed by atoms with E-state index in [-0.39, 0.29) is 24.5 Å². The third-order valence-electron chi connectivity index (χ3n) is 5.05. The highest BCUT2D eigenvalue weighted by Crippen LogP contribution is 2.17. The Hall–Kier alpha value is -2.82. The van der Waals surface area contributed by atoms with Gasteiger partial charge in [0, 0.05) is 12.6 Å². The van der Waals surface area contributed by atoms with Crippen molar-refractivity contribution in [1.82, 2.24) is 10.2 Å². The van der Waals surface area contributed by atoms with Gasteiger partial charge in [-0.3, -0.25) is 9.59 Å². The number of nitrogens with zero attached hydrogens (tertiary/aromatic N) is 1. The molecule has 0 spiro atoms. The van der Waals surface area contributed by atoms with Gasteiger partial charge in [-0.25, -0.2) is 0 Å². The fourth-order valence-electron chi connectivity index (χ4n) is 3.00. The molecular formula is C24H32N2O3. The molecule has 2 aromatic rings. The molecule has 0 aromatic heterocycles. The molecule has 156 valence electrons. The van der Waals surface area contributed by atoms with Crippen LogP contribution >= 0.6 is 0 Å². The van der Waals surface area contributed by atoms with Crippen LogP contribution in [0.4, 0.5) is 0 Å². The predicted octanol–water partition coefficient (Wildman–Crippen LogP) is 4.01. The summed E-state index contributed by atoms with van der Waals surface area (Å²) < 4.78 is 5.75. The average molecular weight is 397 g/mol. The number of amides is 2. The van der Waals surface area contributed by atoms with Crippen molar-refractivity contribution in [3.8, 4) is 5.75 Å². The van der Waals surface area contributed by atoms with Crippen LogP contribution in [0.25, 0.3) is 0 Å². The Labute approximate surface area is 174 Å². The molecule has 2 atom stereocenters. The van der Waals surface area contributed by atoms with Crippen molar-refractivity contribution < 1.29 is 14.3 Å². The molecule has 0 aliphatic heterocycles. The second kappa shape index (κ2) is 10.6. The summed E-state index contributed by atoms with van der Waals surface area (Å²) in [5, 5.41) is 2.97. The molecule has 0 unspecified atom stereocenters. The molecule has 0 heterocycles. The minimum Gasteiger partial charge on any atom is -0.484 e. The molecule has 0 bridgehead atoms. The van der Waals surface area contributed by atoms with Crippen LogP contribution in [0.3, 0.4) is 0 Å². The van der Waals surface area contributed by atoms with Crippen molar-refractivity contribution in [2.45, 2.75) is 59.7 Å². The highest BCUT2D eigenvalue weighted by atomic mass is 16.5. The number of carbonyl (C=O) groups excluding carboxylic acids is 2. The molecule has 1 N–H and O–H groups in total. The summed E-state index contributed by atoms with van der Waals surface area (Å²) in [7, 11) is 0. The number of aryl methyl sites for hydroxylation is 2. The SMILES string of the molecule is CC[C@@H](C)NC(=O)[C@@H](C)N(Cc1cccc(C)c1)C(=O)COc1ccccc1C. The van der Waals surface area contributed by atoms with Crippen LogP contribution in [-0.4, -0.2) is 35.4 Å². The van der Waals surface area contributed by atoms with E-state index in [4.69, 9.17) is 4.74 Å².